The molecule has 1 aromatic carbocycles. The van der Waals surface area contributed by atoms with E-state index in [9.17, 15) is 13.6 Å². The smallest absolute Gasteiger partial charge is 0.227 e. The molecule has 0 fully saturated rings. The third-order valence-electron chi connectivity index (χ3n) is 2.92. The number of nitrogens with two attached hydrogens (primary N) is 1. The number of carbonyl (C=O) groups excluding carboxylic acids is 1. The van der Waals surface area contributed by atoms with Crippen molar-refractivity contribution in [2.45, 2.75) is 19.0 Å². The van der Waals surface area contributed by atoms with Crippen LogP contribution < -0.4 is 11.1 Å². The quantitative estimate of drug-likeness (QED) is 0.801. The van der Waals surface area contributed by atoms with Crippen LogP contribution in [0, 0.1) is 17.6 Å². The Balaban J connectivity index is 1.91. The second kappa shape index (κ2) is 5.27. The second-order valence-corrected chi connectivity index (χ2v) is 4.34. The van der Waals surface area contributed by atoms with Crippen LogP contribution in [-0.4, -0.2) is 11.9 Å². The Morgan fingerprint density at radius 1 is 1.39 bits per heavy atom. The lowest BCUT2D eigenvalue weighted by Gasteiger charge is -2.11. The molecule has 2 atom stereocenters. The normalized spacial score (nSPS) is 22.2. The topological polar surface area (TPSA) is 55.1 Å². The Kier molecular flexibility index (Phi) is 3.72. The first-order valence-corrected chi connectivity index (χ1v) is 5.72. The molecule has 2 unspecified atom stereocenters. The van der Waals surface area contributed by atoms with Crippen LogP contribution in [0.1, 0.15) is 12.0 Å². The number of hydrogen-bond acceptors (Lipinski definition) is 2. The molecule has 1 amide bonds. The van der Waals surface area contributed by atoms with E-state index in [1.807, 2.05) is 0 Å². The van der Waals surface area contributed by atoms with Gasteiger partial charge in [-0.1, -0.05) is 18.2 Å². The first-order chi connectivity index (χ1) is 8.56. The predicted octanol–water partition coefficient (Wildman–Crippen LogP) is 1.48. The lowest BCUT2D eigenvalue weighted by Crippen LogP contribution is -2.30. The van der Waals surface area contributed by atoms with Crippen LogP contribution in [0.3, 0.4) is 0 Å². The zero-order valence-electron chi connectivity index (χ0n) is 9.70. The summed E-state index contributed by atoms with van der Waals surface area (Å²) in [6, 6.07) is 3.19. The van der Waals surface area contributed by atoms with Crippen LogP contribution in [-0.2, 0) is 11.3 Å². The van der Waals surface area contributed by atoms with Crippen molar-refractivity contribution in [3.63, 3.8) is 0 Å². The molecule has 0 saturated heterocycles. The maximum absolute atomic E-state index is 13.3. The summed E-state index contributed by atoms with van der Waals surface area (Å²) in [7, 11) is 0. The standard InChI is InChI=1S/C13H14F2N2O/c14-10-3-1-9(12(15)6-10)7-17-13(18)8-2-4-11(16)5-8/h1-4,6,8,11H,5,7,16H2,(H,17,18). The summed E-state index contributed by atoms with van der Waals surface area (Å²) in [4.78, 5) is 11.7. The Morgan fingerprint density at radius 2 is 2.17 bits per heavy atom. The van der Waals surface area contributed by atoms with E-state index < -0.39 is 11.6 Å². The highest BCUT2D eigenvalue weighted by Crippen LogP contribution is 2.16. The largest absolute Gasteiger partial charge is 0.351 e. The van der Waals surface area contributed by atoms with Crippen LogP contribution in [0.5, 0.6) is 0 Å². The maximum atomic E-state index is 13.3. The monoisotopic (exact) mass is 252 g/mol. The van der Waals surface area contributed by atoms with E-state index in [0.717, 1.165) is 12.1 Å². The van der Waals surface area contributed by atoms with E-state index >= 15 is 0 Å². The van der Waals surface area contributed by atoms with Gasteiger partial charge in [-0.05, 0) is 12.5 Å². The van der Waals surface area contributed by atoms with Gasteiger partial charge in [0, 0.05) is 24.2 Å². The summed E-state index contributed by atoms with van der Waals surface area (Å²) in [5.74, 6) is -1.74. The van der Waals surface area contributed by atoms with Crippen molar-refractivity contribution < 1.29 is 13.6 Å². The second-order valence-electron chi connectivity index (χ2n) is 4.34. The Hall–Kier alpha value is -1.75. The van der Waals surface area contributed by atoms with Gasteiger partial charge < -0.3 is 11.1 Å². The molecule has 0 heterocycles. The molecule has 0 aliphatic heterocycles. The summed E-state index contributed by atoms with van der Waals surface area (Å²) < 4.78 is 26.0. The zero-order valence-corrected chi connectivity index (χ0v) is 9.70. The average Bonchev–Trinajstić information content (AvgIpc) is 2.74. The molecule has 0 spiro atoms. The molecule has 5 heteroatoms. The molecule has 1 aliphatic carbocycles. The molecule has 3 nitrogen and oxygen atoms in total. The molecule has 0 radical (unpaired) electrons. The van der Waals surface area contributed by atoms with Crippen LogP contribution in [0.15, 0.2) is 30.4 Å². The maximum Gasteiger partial charge on any atom is 0.227 e. The minimum atomic E-state index is -0.658. The van der Waals surface area contributed by atoms with E-state index in [1.165, 1.54) is 6.07 Å². The van der Waals surface area contributed by atoms with Gasteiger partial charge in [0.1, 0.15) is 11.6 Å². The summed E-state index contributed by atoms with van der Waals surface area (Å²) in [6.45, 7) is 0.0462. The Labute approximate surface area is 104 Å². The van der Waals surface area contributed by atoms with Gasteiger partial charge in [0.25, 0.3) is 0 Å². The zero-order chi connectivity index (χ0) is 13.1. The highest BCUT2D eigenvalue weighted by atomic mass is 19.1. The highest BCUT2D eigenvalue weighted by Gasteiger charge is 2.22. The molecule has 0 bridgehead atoms. The number of hydrogen-bond donors (Lipinski definition) is 2. The molecule has 1 aliphatic rings. The van der Waals surface area contributed by atoms with Gasteiger partial charge in [0.15, 0.2) is 0 Å². The number of rotatable bonds is 3. The van der Waals surface area contributed by atoms with Crippen molar-refractivity contribution in [1.82, 2.24) is 5.32 Å². The Bertz CT molecular complexity index is 488. The molecule has 18 heavy (non-hydrogen) atoms. The predicted molar refractivity (Wildman–Crippen MR) is 63.4 cm³/mol. The minimum Gasteiger partial charge on any atom is -0.351 e. The van der Waals surface area contributed by atoms with E-state index in [2.05, 4.69) is 5.32 Å². The highest BCUT2D eigenvalue weighted by molar-refractivity contribution is 5.81. The van der Waals surface area contributed by atoms with Gasteiger partial charge in [-0.15, -0.1) is 0 Å². The van der Waals surface area contributed by atoms with E-state index in [1.54, 1.807) is 12.2 Å². The molecule has 0 saturated carbocycles. The summed E-state index contributed by atoms with van der Waals surface area (Å²) >= 11 is 0. The van der Waals surface area contributed by atoms with E-state index in [-0.39, 0.29) is 30.0 Å². The first kappa shape index (κ1) is 12.7. The lowest BCUT2D eigenvalue weighted by atomic mass is 10.1. The lowest BCUT2D eigenvalue weighted by molar-refractivity contribution is -0.123. The summed E-state index contributed by atoms with van der Waals surface area (Å²) in [5.41, 5.74) is 5.90. The van der Waals surface area contributed by atoms with Gasteiger partial charge >= 0.3 is 0 Å². The fourth-order valence-electron chi connectivity index (χ4n) is 1.90. The van der Waals surface area contributed by atoms with E-state index in [0.29, 0.717) is 6.42 Å². The third kappa shape index (κ3) is 2.92. The SMILES string of the molecule is NC1C=CC(C(=O)NCc2ccc(F)cc2F)C1. The van der Waals surface area contributed by atoms with Gasteiger partial charge in [0.05, 0.1) is 5.92 Å². The van der Waals surface area contributed by atoms with Gasteiger partial charge in [0.2, 0.25) is 5.91 Å². The molecule has 3 N–H and O–H groups in total. The van der Waals surface area contributed by atoms with Crippen LogP contribution in [0.2, 0.25) is 0 Å². The minimum absolute atomic E-state index is 0.0462. The molecule has 2 rings (SSSR count). The fraction of sp³-hybridized carbons (Fsp3) is 0.308. The molecular formula is C13H14F2N2O. The fourth-order valence-corrected chi connectivity index (χ4v) is 1.90. The summed E-state index contributed by atoms with van der Waals surface area (Å²) in [6.07, 6.45) is 4.10. The molecule has 96 valence electrons. The van der Waals surface area contributed by atoms with Crippen molar-refractivity contribution in [3.05, 3.63) is 47.5 Å². The number of carbonyl (C=O) groups is 1. The van der Waals surface area contributed by atoms with Gasteiger partial charge in [-0.3, -0.25) is 4.79 Å². The number of amides is 1. The number of halogens is 2. The van der Waals surface area contributed by atoms with Crippen LogP contribution >= 0.6 is 0 Å². The van der Waals surface area contributed by atoms with Gasteiger partial charge in [-0.2, -0.15) is 0 Å². The van der Waals surface area contributed by atoms with Crippen molar-refractivity contribution in [1.29, 1.82) is 0 Å². The first-order valence-electron chi connectivity index (χ1n) is 5.72. The van der Waals surface area contributed by atoms with E-state index in [4.69, 9.17) is 5.73 Å². The van der Waals surface area contributed by atoms with Crippen LogP contribution in [0.4, 0.5) is 8.78 Å². The molecule has 1 aromatic rings. The number of nitrogens with one attached hydrogen (secondary N) is 1. The van der Waals surface area contributed by atoms with Crippen molar-refractivity contribution in [2.75, 3.05) is 0 Å². The third-order valence-corrected chi connectivity index (χ3v) is 2.92. The summed E-state index contributed by atoms with van der Waals surface area (Å²) in [5, 5.41) is 2.61. The Morgan fingerprint density at radius 3 is 2.78 bits per heavy atom. The van der Waals surface area contributed by atoms with Crippen molar-refractivity contribution in [2.24, 2.45) is 11.7 Å². The van der Waals surface area contributed by atoms with Crippen molar-refractivity contribution >= 4 is 5.91 Å². The average molecular weight is 252 g/mol. The van der Waals surface area contributed by atoms with Gasteiger partial charge in [-0.25, -0.2) is 8.78 Å². The van der Waals surface area contributed by atoms with Crippen molar-refractivity contribution in [3.8, 4) is 0 Å². The molecule has 0 aromatic heterocycles. The number of benzene rings is 1. The molecular weight excluding hydrogens is 238 g/mol. The van der Waals surface area contributed by atoms with Crippen LogP contribution in [0.25, 0.3) is 0 Å².